The van der Waals surface area contributed by atoms with Crippen molar-refractivity contribution in [3.63, 3.8) is 0 Å². The molecule has 10 heteroatoms. The van der Waals surface area contributed by atoms with Gasteiger partial charge < -0.3 is 19.9 Å². The fraction of sp³-hybridized carbons (Fsp3) is 0.643. The molecule has 1 aliphatic heterocycles. The summed E-state index contributed by atoms with van der Waals surface area (Å²) < 4.78 is 31.4. The van der Waals surface area contributed by atoms with Crippen LogP contribution in [0.4, 0.5) is 0 Å². The normalized spacial score (nSPS) is 18.2. The van der Waals surface area contributed by atoms with Crippen LogP contribution in [0.15, 0.2) is 17.2 Å². The first-order valence-electron chi connectivity index (χ1n) is 7.61. The first-order valence-corrected chi connectivity index (χ1v) is 9.10. The van der Waals surface area contributed by atoms with Crippen molar-refractivity contribution >= 4 is 28.3 Å². The Hall–Kier alpha value is -1.13. The molecule has 3 N–H and O–H groups in total. The van der Waals surface area contributed by atoms with E-state index in [4.69, 9.17) is 4.74 Å². The lowest BCUT2D eigenvalue weighted by molar-refractivity contribution is 0.0693. The highest BCUT2D eigenvalue weighted by molar-refractivity contribution is 7.89. The standard InChI is InChI=1S/C14H24N4O4S.ClH/c1-15-11-4-3-6-18(10-11)14(19)13-8-12(9-16-13)23(20,21)17-5-7-22-2;/h8-9,11,15-17H,3-7,10H2,1-2H3;1H. The van der Waals surface area contributed by atoms with Crippen LogP contribution in [0.25, 0.3) is 0 Å². The Bertz CT molecular complexity index is 634. The highest BCUT2D eigenvalue weighted by Gasteiger charge is 2.25. The summed E-state index contributed by atoms with van der Waals surface area (Å²) in [7, 11) is -0.259. The first kappa shape index (κ1) is 20.9. The van der Waals surface area contributed by atoms with E-state index in [9.17, 15) is 13.2 Å². The molecule has 0 aliphatic carbocycles. The van der Waals surface area contributed by atoms with E-state index in [0.717, 1.165) is 12.8 Å². The molecule has 1 aromatic heterocycles. The van der Waals surface area contributed by atoms with Crippen molar-refractivity contribution in [2.75, 3.05) is 40.4 Å². The molecule has 1 atom stereocenters. The molecule has 24 heavy (non-hydrogen) atoms. The largest absolute Gasteiger partial charge is 0.383 e. The summed E-state index contributed by atoms with van der Waals surface area (Å²) in [6, 6.07) is 1.65. The van der Waals surface area contributed by atoms with Gasteiger partial charge in [0.05, 0.1) is 6.61 Å². The number of likely N-dealkylation sites (tertiary alicyclic amines) is 1. The second-order valence-corrected chi connectivity index (χ2v) is 7.29. The molecule has 0 bridgehead atoms. The smallest absolute Gasteiger partial charge is 0.270 e. The van der Waals surface area contributed by atoms with Crippen molar-refractivity contribution in [2.24, 2.45) is 0 Å². The van der Waals surface area contributed by atoms with Gasteiger partial charge in [-0.15, -0.1) is 12.4 Å². The van der Waals surface area contributed by atoms with Gasteiger partial charge in [0, 0.05) is 39.0 Å². The maximum atomic E-state index is 12.5. The monoisotopic (exact) mass is 380 g/mol. The third kappa shape index (κ3) is 5.18. The molecule has 1 aliphatic rings. The molecule has 2 rings (SSSR count). The van der Waals surface area contributed by atoms with Gasteiger partial charge in [-0.1, -0.05) is 0 Å². The zero-order valence-corrected chi connectivity index (χ0v) is 15.5. The predicted octanol–water partition coefficient (Wildman–Crippen LogP) is 0.185. The number of H-pyrrole nitrogens is 1. The van der Waals surface area contributed by atoms with E-state index in [1.54, 1.807) is 4.90 Å². The van der Waals surface area contributed by atoms with Crippen LogP contribution in [0.1, 0.15) is 23.3 Å². The number of carbonyl (C=O) groups excluding carboxylic acids is 1. The van der Waals surface area contributed by atoms with Crippen LogP contribution in [0.2, 0.25) is 0 Å². The minimum atomic E-state index is -3.64. The van der Waals surface area contributed by atoms with Gasteiger partial charge in [0.1, 0.15) is 10.6 Å². The average Bonchev–Trinajstić information content (AvgIpc) is 3.05. The van der Waals surface area contributed by atoms with E-state index in [2.05, 4.69) is 15.0 Å². The summed E-state index contributed by atoms with van der Waals surface area (Å²) in [4.78, 5) is 17.1. The maximum Gasteiger partial charge on any atom is 0.270 e. The Labute approximate surface area is 148 Å². The maximum absolute atomic E-state index is 12.5. The van der Waals surface area contributed by atoms with Crippen LogP contribution >= 0.6 is 12.4 Å². The van der Waals surface area contributed by atoms with Gasteiger partial charge in [-0.05, 0) is 26.0 Å². The zero-order chi connectivity index (χ0) is 16.9. The number of methoxy groups -OCH3 is 1. The summed E-state index contributed by atoms with van der Waals surface area (Å²) >= 11 is 0. The summed E-state index contributed by atoms with van der Waals surface area (Å²) in [5.41, 5.74) is 0.286. The molecular formula is C14H25ClN4O4S. The summed E-state index contributed by atoms with van der Waals surface area (Å²) in [6.07, 6.45) is 3.30. The minimum Gasteiger partial charge on any atom is -0.383 e. The number of aromatic nitrogens is 1. The molecular weight excluding hydrogens is 356 g/mol. The Morgan fingerprint density at radius 3 is 2.92 bits per heavy atom. The zero-order valence-electron chi connectivity index (χ0n) is 13.9. The van der Waals surface area contributed by atoms with E-state index < -0.39 is 10.0 Å². The SMILES string of the molecule is CNC1CCCN(C(=O)c2cc(S(=O)(=O)NCCOC)c[nH]2)C1.Cl. The van der Waals surface area contributed by atoms with Crippen molar-refractivity contribution in [1.29, 1.82) is 0 Å². The number of nitrogens with zero attached hydrogens (tertiary/aromatic N) is 1. The molecule has 1 saturated heterocycles. The minimum absolute atomic E-state index is 0. The number of hydrogen-bond donors (Lipinski definition) is 3. The van der Waals surface area contributed by atoms with Crippen molar-refractivity contribution in [1.82, 2.24) is 19.9 Å². The van der Waals surface area contributed by atoms with Gasteiger partial charge in [-0.3, -0.25) is 4.79 Å². The number of likely N-dealkylation sites (N-methyl/N-ethyl adjacent to an activating group) is 1. The van der Waals surface area contributed by atoms with Gasteiger partial charge in [0.15, 0.2) is 0 Å². The number of carbonyl (C=O) groups is 1. The fourth-order valence-corrected chi connectivity index (χ4v) is 3.59. The number of ether oxygens (including phenoxy) is 1. The molecule has 0 radical (unpaired) electrons. The van der Waals surface area contributed by atoms with E-state index >= 15 is 0 Å². The molecule has 1 fully saturated rings. The van der Waals surface area contributed by atoms with Crippen molar-refractivity contribution in [3.05, 3.63) is 18.0 Å². The first-order chi connectivity index (χ1) is 11.0. The Morgan fingerprint density at radius 1 is 1.50 bits per heavy atom. The molecule has 138 valence electrons. The van der Waals surface area contributed by atoms with Gasteiger partial charge in [0.2, 0.25) is 10.0 Å². The van der Waals surface area contributed by atoms with Crippen LogP contribution in [-0.4, -0.2) is 70.6 Å². The van der Waals surface area contributed by atoms with Gasteiger partial charge >= 0.3 is 0 Å². The molecule has 8 nitrogen and oxygen atoms in total. The third-order valence-corrected chi connectivity index (χ3v) is 5.35. The Balaban J connectivity index is 0.00000288. The molecule has 1 aromatic rings. The number of sulfonamides is 1. The highest BCUT2D eigenvalue weighted by atomic mass is 35.5. The fourth-order valence-electron chi connectivity index (χ4n) is 2.58. The van der Waals surface area contributed by atoms with E-state index in [1.807, 2.05) is 7.05 Å². The average molecular weight is 381 g/mol. The number of amides is 1. The number of hydrogen-bond acceptors (Lipinski definition) is 5. The second kappa shape index (κ2) is 9.38. The molecule has 1 unspecified atom stereocenters. The summed E-state index contributed by atoms with van der Waals surface area (Å²) in [5, 5.41) is 3.18. The molecule has 2 heterocycles. The highest BCUT2D eigenvalue weighted by Crippen LogP contribution is 2.16. The third-order valence-electron chi connectivity index (χ3n) is 3.91. The van der Waals surface area contributed by atoms with E-state index in [0.29, 0.717) is 13.1 Å². The molecule has 1 amide bonds. The van der Waals surface area contributed by atoms with Crippen LogP contribution in [0, 0.1) is 0 Å². The predicted molar refractivity (Wildman–Crippen MR) is 93.1 cm³/mol. The number of piperidine rings is 1. The molecule has 0 aromatic carbocycles. The van der Waals surface area contributed by atoms with Crippen molar-refractivity contribution in [3.8, 4) is 0 Å². The Morgan fingerprint density at radius 2 is 2.25 bits per heavy atom. The van der Waals surface area contributed by atoms with Crippen LogP contribution in [0.5, 0.6) is 0 Å². The number of halogens is 1. The van der Waals surface area contributed by atoms with E-state index in [1.165, 1.54) is 19.4 Å². The van der Waals surface area contributed by atoms with Gasteiger partial charge in [0.25, 0.3) is 5.91 Å². The van der Waals surface area contributed by atoms with Crippen LogP contribution in [-0.2, 0) is 14.8 Å². The quantitative estimate of drug-likeness (QED) is 0.586. The Kier molecular flexibility index (Phi) is 8.17. The molecule has 0 saturated carbocycles. The topological polar surface area (TPSA) is 104 Å². The van der Waals surface area contributed by atoms with Crippen LogP contribution < -0.4 is 10.0 Å². The lowest BCUT2D eigenvalue weighted by atomic mass is 10.1. The van der Waals surface area contributed by atoms with Crippen molar-refractivity contribution < 1.29 is 17.9 Å². The lowest BCUT2D eigenvalue weighted by Gasteiger charge is -2.32. The van der Waals surface area contributed by atoms with Gasteiger partial charge in [-0.25, -0.2) is 13.1 Å². The second-order valence-electron chi connectivity index (χ2n) is 5.52. The molecule has 0 spiro atoms. The number of nitrogens with one attached hydrogen (secondary N) is 3. The van der Waals surface area contributed by atoms with Gasteiger partial charge in [-0.2, -0.15) is 0 Å². The number of aromatic amines is 1. The summed E-state index contributed by atoms with van der Waals surface area (Å²) in [5.74, 6) is -0.178. The number of rotatable bonds is 7. The van der Waals surface area contributed by atoms with E-state index in [-0.39, 0.29) is 48.1 Å². The van der Waals surface area contributed by atoms with Crippen molar-refractivity contribution in [2.45, 2.75) is 23.8 Å². The lowest BCUT2D eigenvalue weighted by Crippen LogP contribution is -2.47. The van der Waals surface area contributed by atoms with Crippen LogP contribution in [0.3, 0.4) is 0 Å². The summed E-state index contributed by atoms with van der Waals surface area (Å²) in [6.45, 7) is 1.78.